The van der Waals surface area contributed by atoms with Crippen LogP contribution in [0.15, 0.2) is 54.6 Å². The maximum absolute atomic E-state index is 12.5. The van der Waals surface area contributed by atoms with Gasteiger partial charge in [-0.15, -0.1) is 0 Å². The Morgan fingerprint density at radius 1 is 1.00 bits per heavy atom. The van der Waals surface area contributed by atoms with Crippen LogP contribution in [0.5, 0.6) is 11.5 Å². The Morgan fingerprint density at radius 3 is 2.48 bits per heavy atom. The van der Waals surface area contributed by atoms with Crippen molar-refractivity contribution in [3.8, 4) is 11.5 Å². The molecule has 8 nitrogen and oxygen atoms in total. The Hall–Kier alpha value is -3.36. The normalized spacial score (nSPS) is 17.2. The molecule has 0 spiro atoms. The first-order valence-corrected chi connectivity index (χ1v) is 11.2. The van der Waals surface area contributed by atoms with Gasteiger partial charge in [0.2, 0.25) is 12.7 Å². The fourth-order valence-electron chi connectivity index (χ4n) is 4.01. The van der Waals surface area contributed by atoms with Crippen LogP contribution in [-0.4, -0.2) is 72.8 Å². The van der Waals surface area contributed by atoms with Gasteiger partial charge in [0.05, 0.1) is 5.92 Å². The molecular weight excluding hydrogens is 422 g/mol. The van der Waals surface area contributed by atoms with Crippen molar-refractivity contribution in [2.75, 3.05) is 51.4 Å². The van der Waals surface area contributed by atoms with Gasteiger partial charge in [-0.25, -0.2) is 0 Å². The highest BCUT2D eigenvalue weighted by atomic mass is 16.7. The summed E-state index contributed by atoms with van der Waals surface area (Å²) < 4.78 is 10.6. The number of anilines is 1. The Kier molecular flexibility index (Phi) is 7.59. The molecule has 174 valence electrons. The number of hydrogen-bond donors (Lipinski definition) is 2. The maximum Gasteiger partial charge on any atom is 0.308 e. The fraction of sp³-hybridized carbons (Fsp3) is 0.360. The van der Waals surface area contributed by atoms with E-state index in [-0.39, 0.29) is 19.1 Å². The van der Waals surface area contributed by atoms with Crippen molar-refractivity contribution in [2.45, 2.75) is 6.42 Å². The summed E-state index contributed by atoms with van der Waals surface area (Å²) in [5.41, 5.74) is 1.74. The molecule has 4 rings (SSSR count). The van der Waals surface area contributed by atoms with Crippen molar-refractivity contribution in [2.24, 2.45) is 5.92 Å². The topological polar surface area (TPSA) is 91.3 Å². The lowest BCUT2D eigenvalue weighted by Gasteiger charge is -2.35. The molecule has 33 heavy (non-hydrogen) atoms. The molecule has 0 aromatic heterocycles. The molecule has 8 heteroatoms. The van der Waals surface area contributed by atoms with Crippen molar-refractivity contribution in [3.63, 3.8) is 0 Å². The lowest BCUT2D eigenvalue weighted by molar-refractivity contribution is -0.144. The number of rotatable bonds is 9. The summed E-state index contributed by atoms with van der Waals surface area (Å²) >= 11 is 0. The van der Waals surface area contributed by atoms with E-state index >= 15 is 0 Å². The number of carbonyl (C=O) groups excluding carboxylic acids is 1. The monoisotopic (exact) mass is 451 g/mol. The summed E-state index contributed by atoms with van der Waals surface area (Å²) in [4.78, 5) is 28.7. The Morgan fingerprint density at radius 2 is 1.73 bits per heavy atom. The third kappa shape index (κ3) is 6.57. The van der Waals surface area contributed by atoms with Crippen molar-refractivity contribution in [3.05, 3.63) is 60.2 Å². The molecule has 2 aromatic carbocycles. The molecule has 0 aliphatic carbocycles. The Labute approximate surface area is 193 Å². The van der Waals surface area contributed by atoms with Crippen molar-refractivity contribution in [1.82, 2.24) is 9.80 Å². The molecule has 2 aliphatic heterocycles. The first kappa shape index (κ1) is 22.8. The minimum atomic E-state index is -0.955. The van der Waals surface area contributed by atoms with E-state index in [1.807, 2.05) is 18.2 Å². The molecular formula is C25H29N3O5. The molecule has 2 aliphatic rings. The minimum absolute atomic E-state index is 0.0796. The van der Waals surface area contributed by atoms with Crippen molar-refractivity contribution >= 4 is 23.6 Å². The second-order valence-corrected chi connectivity index (χ2v) is 8.27. The van der Waals surface area contributed by atoms with Gasteiger partial charge in [0.1, 0.15) is 0 Å². The minimum Gasteiger partial charge on any atom is -0.481 e. The SMILES string of the molecule is O=C(C[C@H](CN1CCN(C/C=C/c2ccccc2)CC1)C(=O)O)Nc1ccc2c(c1)OCO2. The number of carboxylic acids is 1. The van der Waals surface area contributed by atoms with Crippen LogP contribution in [0, 0.1) is 5.92 Å². The fourth-order valence-corrected chi connectivity index (χ4v) is 4.01. The van der Waals surface area contributed by atoms with E-state index in [0.717, 1.165) is 32.7 Å². The number of amides is 1. The third-order valence-corrected chi connectivity index (χ3v) is 5.85. The van der Waals surface area contributed by atoms with E-state index in [4.69, 9.17) is 9.47 Å². The van der Waals surface area contributed by atoms with Crippen LogP contribution in [0.1, 0.15) is 12.0 Å². The number of fused-ring (bicyclic) bond motifs is 1. The average molecular weight is 452 g/mol. The number of ether oxygens (including phenoxy) is 2. The van der Waals surface area contributed by atoms with Gasteiger partial charge in [0, 0.05) is 57.4 Å². The summed E-state index contributed by atoms with van der Waals surface area (Å²) in [5.74, 6) is -0.844. The van der Waals surface area contributed by atoms with Crippen LogP contribution in [0.25, 0.3) is 6.08 Å². The van der Waals surface area contributed by atoms with E-state index in [2.05, 4.69) is 39.4 Å². The number of nitrogens with zero attached hydrogens (tertiary/aromatic N) is 2. The first-order valence-electron chi connectivity index (χ1n) is 11.2. The third-order valence-electron chi connectivity index (χ3n) is 5.85. The lowest BCUT2D eigenvalue weighted by Crippen LogP contribution is -2.48. The molecule has 1 amide bonds. The maximum atomic E-state index is 12.5. The molecule has 2 heterocycles. The van der Waals surface area contributed by atoms with E-state index < -0.39 is 11.9 Å². The average Bonchev–Trinajstić information content (AvgIpc) is 3.28. The lowest BCUT2D eigenvalue weighted by atomic mass is 10.0. The molecule has 2 N–H and O–H groups in total. The van der Waals surface area contributed by atoms with E-state index in [1.54, 1.807) is 18.2 Å². The molecule has 0 unspecified atom stereocenters. The smallest absolute Gasteiger partial charge is 0.308 e. The van der Waals surface area contributed by atoms with Crippen molar-refractivity contribution < 1.29 is 24.2 Å². The highest BCUT2D eigenvalue weighted by molar-refractivity contribution is 5.93. The van der Waals surface area contributed by atoms with Crippen LogP contribution < -0.4 is 14.8 Å². The zero-order chi connectivity index (χ0) is 23.0. The number of carbonyl (C=O) groups is 2. The van der Waals surface area contributed by atoms with Gasteiger partial charge in [-0.05, 0) is 17.7 Å². The quantitative estimate of drug-likeness (QED) is 0.606. The number of piperazine rings is 1. The van der Waals surface area contributed by atoms with Gasteiger partial charge in [-0.1, -0.05) is 42.5 Å². The Bertz CT molecular complexity index is 987. The second kappa shape index (κ2) is 11.0. The molecule has 1 atom stereocenters. The summed E-state index contributed by atoms with van der Waals surface area (Å²) in [6.45, 7) is 4.69. The van der Waals surface area contributed by atoms with E-state index in [0.29, 0.717) is 23.7 Å². The van der Waals surface area contributed by atoms with Gasteiger partial charge in [-0.3, -0.25) is 19.4 Å². The number of hydrogen-bond acceptors (Lipinski definition) is 6. The van der Waals surface area contributed by atoms with E-state index in [1.165, 1.54) is 5.56 Å². The molecule has 0 saturated carbocycles. The van der Waals surface area contributed by atoms with Crippen LogP contribution in [0.4, 0.5) is 5.69 Å². The van der Waals surface area contributed by atoms with Gasteiger partial charge in [-0.2, -0.15) is 0 Å². The second-order valence-electron chi connectivity index (χ2n) is 8.27. The highest BCUT2D eigenvalue weighted by Crippen LogP contribution is 2.34. The Balaban J connectivity index is 1.22. The standard InChI is InChI=1S/C25H29N3O5/c29-24(26-21-8-9-22-23(16-21)33-18-32-22)15-20(25(30)31)17-28-13-11-27(12-14-28)10-4-7-19-5-2-1-3-6-19/h1-9,16,20H,10-15,17-18H2,(H,26,29)(H,30,31)/b7-4+/t20-/m1/s1. The van der Waals surface area contributed by atoms with E-state index in [9.17, 15) is 14.7 Å². The zero-order valence-corrected chi connectivity index (χ0v) is 18.5. The van der Waals surface area contributed by atoms with Gasteiger partial charge >= 0.3 is 5.97 Å². The number of aliphatic carboxylic acids is 1. The molecule has 1 saturated heterocycles. The number of benzene rings is 2. The van der Waals surface area contributed by atoms with Gasteiger partial charge < -0.3 is 19.9 Å². The zero-order valence-electron chi connectivity index (χ0n) is 18.5. The first-order chi connectivity index (χ1) is 16.1. The van der Waals surface area contributed by atoms with Gasteiger partial charge in [0.15, 0.2) is 11.5 Å². The van der Waals surface area contributed by atoms with Crippen LogP contribution in [0.3, 0.4) is 0 Å². The largest absolute Gasteiger partial charge is 0.481 e. The molecule has 0 radical (unpaired) electrons. The summed E-state index contributed by atoms with van der Waals surface area (Å²) in [7, 11) is 0. The summed E-state index contributed by atoms with van der Waals surface area (Å²) in [6.07, 6.45) is 4.20. The summed E-state index contributed by atoms with van der Waals surface area (Å²) in [5, 5.41) is 12.4. The molecule has 1 fully saturated rings. The van der Waals surface area contributed by atoms with Crippen LogP contribution in [-0.2, 0) is 9.59 Å². The van der Waals surface area contributed by atoms with Gasteiger partial charge in [0.25, 0.3) is 0 Å². The van der Waals surface area contributed by atoms with Crippen LogP contribution >= 0.6 is 0 Å². The van der Waals surface area contributed by atoms with Crippen LogP contribution in [0.2, 0.25) is 0 Å². The molecule has 2 aromatic rings. The number of nitrogens with one attached hydrogen (secondary N) is 1. The predicted molar refractivity (Wildman–Crippen MR) is 125 cm³/mol. The summed E-state index contributed by atoms with van der Waals surface area (Å²) in [6, 6.07) is 15.3. The number of carboxylic acid groups (broad SMARTS) is 1. The van der Waals surface area contributed by atoms with Crippen molar-refractivity contribution in [1.29, 1.82) is 0 Å². The predicted octanol–water partition coefficient (Wildman–Crippen LogP) is 2.78. The highest BCUT2D eigenvalue weighted by Gasteiger charge is 2.26. The molecule has 0 bridgehead atoms.